The minimum Gasteiger partial charge on any atom is -0.392 e. The highest BCUT2D eigenvalue weighted by atomic mass is 19.4. The van der Waals surface area contributed by atoms with Crippen LogP contribution in [0.25, 0.3) is 0 Å². The fourth-order valence-electron chi connectivity index (χ4n) is 4.09. The molecule has 0 amide bonds. The van der Waals surface area contributed by atoms with Gasteiger partial charge < -0.3 is 9.84 Å². The molecule has 1 saturated heterocycles. The van der Waals surface area contributed by atoms with E-state index in [2.05, 4.69) is 4.90 Å². The predicted molar refractivity (Wildman–Crippen MR) is 89.3 cm³/mol. The number of hydrogen-bond donors (Lipinski definition) is 1. The SMILES string of the molecule is O[C@@H]1CCN(C2CCCCC2OCCc2ccccc2C(F)(F)F)C1. The molecule has 1 aliphatic carbocycles. The maximum Gasteiger partial charge on any atom is 0.416 e. The van der Waals surface area contributed by atoms with E-state index in [0.717, 1.165) is 44.7 Å². The Morgan fingerprint density at radius 2 is 1.88 bits per heavy atom. The van der Waals surface area contributed by atoms with Crippen molar-refractivity contribution >= 4 is 0 Å². The average Bonchev–Trinajstić information content (AvgIpc) is 3.01. The number of aliphatic hydroxyl groups is 1. The molecule has 0 aromatic heterocycles. The Kier molecular flexibility index (Phi) is 6.02. The van der Waals surface area contributed by atoms with Gasteiger partial charge in [0.15, 0.2) is 0 Å². The van der Waals surface area contributed by atoms with E-state index < -0.39 is 11.7 Å². The van der Waals surface area contributed by atoms with Crippen molar-refractivity contribution in [1.29, 1.82) is 0 Å². The van der Waals surface area contributed by atoms with Gasteiger partial charge >= 0.3 is 6.18 Å². The number of aliphatic hydroxyl groups excluding tert-OH is 1. The van der Waals surface area contributed by atoms with Crippen LogP contribution in [-0.4, -0.2) is 48.0 Å². The molecule has 2 aliphatic rings. The first-order valence-corrected chi connectivity index (χ1v) is 9.14. The van der Waals surface area contributed by atoms with Crippen LogP contribution in [0, 0.1) is 0 Å². The van der Waals surface area contributed by atoms with Crippen molar-refractivity contribution in [3.8, 4) is 0 Å². The Bertz CT molecular complexity index is 564. The molecule has 3 rings (SSSR count). The largest absolute Gasteiger partial charge is 0.416 e. The van der Waals surface area contributed by atoms with Crippen molar-refractivity contribution in [2.24, 2.45) is 0 Å². The summed E-state index contributed by atoms with van der Waals surface area (Å²) in [5.74, 6) is 0. The van der Waals surface area contributed by atoms with Gasteiger partial charge in [-0.2, -0.15) is 13.2 Å². The van der Waals surface area contributed by atoms with Gasteiger partial charge in [0, 0.05) is 19.1 Å². The maximum atomic E-state index is 13.1. The molecule has 6 heteroatoms. The highest BCUT2D eigenvalue weighted by Gasteiger charge is 2.35. The number of halogens is 3. The summed E-state index contributed by atoms with van der Waals surface area (Å²) in [5, 5.41) is 9.76. The number of hydrogen-bond acceptors (Lipinski definition) is 3. The zero-order valence-electron chi connectivity index (χ0n) is 14.3. The Labute approximate surface area is 146 Å². The number of benzene rings is 1. The highest BCUT2D eigenvalue weighted by Crippen LogP contribution is 2.32. The van der Waals surface area contributed by atoms with E-state index in [0.29, 0.717) is 18.7 Å². The lowest BCUT2D eigenvalue weighted by Gasteiger charge is -2.37. The summed E-state index contributed by atoms with van der Waals surface area (Å²) >= 11 is 0. The van der Waals surface area contributed by atoms with Crippen LogP contribution < -0.4 is 0 Å². The molecule has 140 valence electrons. The Balaban J connectivity index is 1.57. The van der Waals surface area contributed by atoms with E-state index in [1.54, 1.807) is 6.07 Å². The number of β-amino-alcohol motifs (C(OH)–C–C–N with tert-alkyl or cyclic N) is 1. The van der Waals surface area contributed by atoms with Crippen molar-refractivity contribution < 1.29 is 23.0 Å². The molecule has 1 saturated carbocycles. The number of likely N-dealkylation sites (tertiary alicyclic amines) is 1. The third-order valence-electron chi connectivity index (χ3n) is 5.36. The summed E-state index contributed by atoms with van der Waals surface area (Å²) in [6, 6.07) is 6.00. The second-order valence-corrected chi connectivity index (χ2v) is 7.10. The fourth-order valence-corrected chi connectivity index (χ4v) is 4.09. The maximum absolute atomic E-state index is 13.1. The zero-order valence-corrected chi connectivity index (χ0v) is 14.3. The van der Waals surface area contributed by atoms with Crippen LogP contribution in [0.4, 0.5) is 13.2 Å². The topological polar surface area (TPSA) is 32.7 Å². The van der Waals surface area contributed by atoms with Gasteiger partial charge in [-0.05, 0) is 37.3 Å². The lowest BCUT2D eigenvalue weighted by molar-refractivity contribution is -0.138. The van der Waals surface area contributed by atoms with Gasteiger partial charge in [0.2, 0.25) is 0 Å². The Hall–Kier alpha value is -1.11. The van der Waals surface area contributed by atoms with Crippen LogP contribution >= 0.6 is 0 Å². The van der Waals surface area contributed by atoms with Crippen LogP contribution in [0.1, 0.15) is 43.2 Å². The normalized spacial score (nSPS) is 28.4. The molecule has 1 aliphatic heterocycles. The van der Waals surface area contributed by atoms with Gasteiger partial charge in [0.05, 0.1) is 24.4 Å². The second kappa shape index (κ2) is 8.06. The first-order valence-electron chi connectivity index (χ1n) is 9.14. The lowest BCUT2D eigenvalue weighted by atomic mass is 9.91. The van der Waals surface area contributed by atoms with Crippen molar-refractivity contribution in [3.05, 3.63) is 35.4 Å². The van der Waals surface area contributed by atoms with E-state index in [4.69, 9.17) is 4.74 Å². The fraction of sp³-hybridized carbons (Fsp3) is 0.684. The van der Waals surface area contributed by atoms with Crippen LogP contribution in [0.15, 0.2) is 24.3 Å². The van der Waals surface area contributed by atoms with Crippen LogP contribution in [-0.2, 0) is 17.3 Å². The summed E-state index contributed by atoms with van der Waals surface area (Å²) in [6.07, 6.45) is 0.747. The van der Waals surface area contributed by atoms with Gasteiger partial charge in [0.1, 0.15) is 0 Å². The molecule has 0 radical (unpaired) electrons. The Morgan fingerprint density at radius 3 is 2.60 bits per heavy atom. The van der Waals surface area contributed by atoms with Gasteiger partial charge in [-0.15, -0.1) is 0 Å². The monoisotopic (exact) mass is 357 g/mol. The first-order chi connectivity index (χ1) is 11.9. The standard InChI is InChI=1S/C19H26F3NO2/c20-19(21,22)16-6-2-1-5-14(16)10-12-25-18-8-4-3-7-17(18)23-11-9-15(24)13-23/h1-2,5-6,15,17-18,24H,3-4,7-13H2/t15-,17?,18?/m1/s1. The summed E-state index contributed by atoms with van der Waals surface area (Å²) in [6.45, 7) is 1.86. The van der Waals surface area contributed by atoms with Gasteiger partial charge in [-0.1, -0.05) is 31.0 Å². The lowest BCUT2D eigenvalue weighted by Crippen LogP contribution is -2.46. The van der Waals surface area contributed by atoms with Gasteiger partial charge in [-0.3, -0.25) is 4.90 Å². The molecule has 0 spiro atoms. The van der Waals surface area contributed by atoms with E-state index in [1.807, 2.05) is 0 Å². The molecule has 2 unspecified atom stereocenters. The molecule has 0 bridgehead atoms. The molecular formula is C19H26F3NO2. The molecule has 1 aromatic carbocycles. The molecule has 3 atom stereocenters. The van der Waals surface area contributed by atoms with E-state index >= 15 is 0 Å². The van der Waals surface area contributed by atoms with Crippen LogP contribution in [0.3, 0.4) is 0 Å². The Morgan fingerprint density at radius 1 is 1.12 bits per heavy atom. The summed E-state index contributed by atoms with van der Waals surface area (Å²) in [5.41, 5.74) is -0.277. The van der Waals surface area contributed by atoms with Gasteiger partial charge in [-0.25, -0.2) is 0 Å². The number of ether oxygens (including phenoxy) is 1. The zero-order chi connectivity index (χ0) is 17.9. The summed E-state index contributed by atoms with van der Waals surface area (Å²) in [7, 11) is 0. The highest BCUT2D eigenvalue weighted by molar-refractivity contribution is 5.29. The molecule has 25 heavy (non-hydrogen) atoms. The van der Waals surface area contributed by atoms with Crippen molar-refractivity contribution in [3.63, 3.8) is 0 Å². The van der Waals surface area contributed by atoms with Crippen molar-refractivity contribution in [1.82, 2.24) is 4.90 Å². The van der Waals surface area contributed by atoms with E-state index in [1.165, 1.54) is 12.1 Å². The quantitative estimate of drug-likeness (QED) is 0.873. The number of alkyl halides is 3. The molecular weight excluding hydrogens is 331 g/mol. The number of rotatable bonds is 5. The van der Waals surface area contributed by atoms with E-state index in [9.17, 15) is 18.3 Å². The molecule has 2 fully saturated rings. The van der Waals surface area contributed by atoms with Crippen LogP contribution in [0.2, 0.25) is 0 Å². The summed E-state index contributed by atoms with van der Waals surface area (Å²) in [4.78, 5) is 2.29. The van der Waals surface area contributed by atoms with Crippen molar-refractivity contribution in [2.45, 2.75) is 63.0 Å². The predicted octanol–water partition coefficient (Wildman–Crippen LogP) is 3.64. The molecule has 1 aromatic rings. The van der Waals surface area contributed by atoms with Crippen molar-refractivity contribution in [2.75, 3.05) is 19.7 Å². The average molecular weight is 357 g/mol. The first kappa shape index (κ1) is 18.7. The number of nitrogens with zero attached hydrogens (tertiary/aromatic N) is 1. The van der Waals surface area contributed by atoms with E-state index in [-0.39, 0.29) is 24.7 Å². The van der Waals surface area contributed by atoms with Gasteiger partial charge in [0.25, 0.3) is 0 Å². The minimum atomic E-state index is -4.32. The van der Waals surface area contributed by atoms with Crippen LogP contribution in [0.5, 0.6) is 0 Å². The third-order valence-corrected chi connectivity index (χ3v) is 5.36. The molecule has 1 N–H and O–H groups in total. The summed E-state index contributed by atoms with van der Waals surface area (Å²) < 4.78 is 45.2. The molecule has 3 nitrogen and oxygen atoms in total. The third kappa shape index (κ3) is 4.74. The second-order valence-electron chi connectivity index (χ2n) is 7.10. The molecule has 1 heterocycles. The smallest absolute Gasteiger partial charge is 0.392 e. The minimum absolute atomic E-state index is 0.0529.